The van der Waals surface area contributed by atoms with Gasteiger partial charge in [-0.1, -0.05) is 37.3 Å². The van der Waals surface area contributed by atoms with Crippen molar-refractivity contribution in [2.75, 3.05) is 63.3 Å². The van der Waals surface area contributed by atoms with Gasteiger partial charge in [0.05, 0.1) is 22.4 Å². The van der Waals surface area contributed by atoms with E-state index in [-0.39, 0.29) is 46.2 Å². The first-order valence-electron chi connectivity index (χ1n) is 20.2. The molecule has 14 nitrogen and oxygen atoms in total. The molecule has 58 heavy (non-hydrogen) atoms. The second-order valence-corrected chi connectivity index (χ2v) is 18.5. The van der Waals surface area contributed by atoms with E-state index in [2.05, 4.69) is 39.3 Å². The number of rotatable bonds is 21. The lowest BCUT2D eigenvalue weighted by molar-refractivity contribution is -0.566. The van der Waals surface area contributed by atoms with Crippen LogP contribution in [0.2, 0.25) is 0 Å². The maximum absolute atomic E-state index is 12.7. The summed E-state index contributed by atoms with van der Waals surface area (Å²) in [6.45, 7) is 12.5. The number of hydrogen-bond donors (Lipinski definition) is 8. The number of ether oxygens (including phenoxy) is 1. The third-order valence-corrected chi connectivity index (χ3v) is 14.8. The van der Waals surface area contributed by atoms with Gasteiger partial charge in [-0.15, -0.1) is 0 Å². The van der Waals surface area contributed by atoms with Crippen LogP contribution in [-0.4, -0.2) is 101 Å². The van der Waals surface area contributed by atoms with Crippen LogP contribution in [-0.2, 0) is 4.74 Å². The van der Waals surface area contributed by atoms with Gasteiger partial charge in [0, 0.05) is 74.9 Å². The number of aromatic carboxylic acids is 1. The molecule has 3 aromatic rings. The number of aromatic nitrogens is 2. The fourth-order valence-electron chi connectivity index (χ4n) is 12.5. The van der Waals surface area contributed by atoms with Crippen LogP contribution in [0.1, 0.15) is 82.3 Å². The molecule has 0 bridgehead atoms. The van der Waals surface area contributed by atoms with Crippen LogP contribution in [0.25, 0.3) is 15.8 Å². The number of aliphatic hydroxyl groups excluding tert-OH is 2. The van der Waals surface area contributed by atoms with Gasteiger partial charge in [0.2, 0.25) is 0 Å². The Morgan fingerprint density at radius 3 is 2.28 bits per heavy atom. The largest absolute Gasteiger partial charge is 0.476 e. The number of thiazole rings is 1. The van der Waals surface area contributed by atoms with Crippen LogP contribution in [0.15, 0.2) is 65.4 Å². The molecule has 2 heterocycles. The summed E-state index contributed by atoms with van der Waals surface area (Å²) in [7, 11) is 1.71. The normalized spacial score (nSPS) is 28.8. The van der Waals surface area contributed by atoms with Crippen LogP contribution >= 0.6 is 11.3 Å². The summed E-state index contributed by atoms with van der Waals surface area (Å²) in [6, 6.07) is 11.2. The van der Waals surface area contributed by atoms with E-state index in [0.717, 1.165) is 61.2 Å². The first-order chi connectivity index (χ1) is 27.6. The Bertz CT molecular complexity index is 2120. The number of fused-ring (bicyclic) bond motifs is 1. The Hall–Kier alpha value is -4.54. The number of aliphatic hydroxyl groups is 2. The maximum Gasteiger partial charge on any atom is 0.355 e. The van der Waals surface area contributed by atoms with Gasteiger partial charge in [-0.05, 0) is 105 Å². The van der Waals surface area contributed by atoms with Crippen molar-refractivity contribution in [3.63, 3.8) is 0 Å². The maximum atomic E-state index is 12.7. The van der Waals surface area contributed by atoms with E-state index in [0.29, 0.717) is 65.3 Å². The fourth-order valence-corrected chi connectivity index (χ4v) is 13.3. The van der Waals surface area contributed by atoms with E-state index < -0.39 is 5.97 Å². The van der Waals surface area contributed by atoms with Gasteiger partial charge < -0.3 is 57.4 Å². The van der Waals surface area contributed by atoms with Gasteiger partial charge in [-0.2, -0.15) is 0 Å². The molecule has 2 aromatic heterocycles. The molecule has 312 valence electrons. The van der Waals surface area contributed by atoms with Crippen LogP contribution in [0.4, 0.5) is 10.9 Å². The molecule has 0 amide bonds. The fraction of sp³-hybridized carbons (Fsp3) is 0.535. The van der Waals surface area contributed by atoms with Crippen LogP contribution in [0, 0.1) is 27.1 Å². The zero-order chi connectivity index (χ0) is 41.7. The van der Waals surface area contributed by atoms with Crippen molar-refractivity contribution in [3.05, 3.63) is 76.6 Å². The minimum absolute atomic E-state index is 0.0546. The van der Waals surface area contributed by atoms with Crippen LogP contribution < -0.4 is 27.0 Å². The molecule has 4 aliphatic rings. The van der Waals surface area contributed by atoms with Crippen molar-refractivity contribution in [2.24, 2.45) is 33.1 Å². The molecule has 2 unspecified atom stereocenters. The Balaban J connectivity index is 1.04. The summed E-state index contributed by atoms with van der Waals surface area (Å²) in [6.07, 6.45) is 8.62. The zero-order valence-corrected chi connectivity index (χ0v) is 35.1. The second-order valence-electron chi connectivity index (χ2n) is 17.4. The number of carbonyl (C=O) groups is 1. The lowest BCUT2D eigenvalue weighted by Gasteiger charge is -3.02. The van der Waals surface area contributed by atoms with E-state index in [1.54, 1.807) is 30.2 Å². The van der Waals surface area contributed by atoms with Gasteiger partial charge in [0.1, 0.15) is 17.5 Å². The van der Waals surface area contributed by atoms with Gasteiger partial charge in [0.25, 0.3) is 0 Å². The van der Waals surface area contributed by atoms with Gasteiger partial charge >= 0.3 is 5.97 Å². The molecular weight excluding hydrogens is 755 g/mol. The molecule has 4 aliphatic carbocycles. The van der Waals surface area contributed by atoms with E-state index in [4.69, 9.17) is 21.6 Å². The standard InChI is InChI=1S/C43H59N9O5S/c1-27(36(46)50-38-48-31-10-6-7-11-32(31)58-38)20-33(45)51(5)34-13-12-29(35(49-34)37(55)56)30(21-44)28(2)47-26-41-22-39(3)24-42(25-40(4,23-41)43(39,41)42)57-19-16-52(14-8-17-53)15-9-18-54/h6-7,10-13,20-21,44,47,53-54H,8-9,14-19,22-26,45-46H2,1-5H3,(H,48,50)(H,55,56)/b30-28+,33-20+,36-27+,44-21?. The molecule has 15 heteroatoms. The lowest BCUT2D eigenvalue weighted by Crippen LogP contribution is -3.01. The Morgan fingerprint density at radius 2 is 1.67 bits per heavy atom. The summed E-state index contributed by atoms with van der Waals surface area (Å²) in [5.41, 5.74) is 16.2. The third-order valence-electron chi connectivity index (χ3n) is 13.8. The molecule has 1 spiro atoms. The number of para-hydroxylation sites is 1. The summed E-state index contributed by atoms with van der Waals surface area (Å²) in [4.78, 5) is 25.6. The minimum Gasteiger partial charge on any atom is -0.476 e. The van der Waals surface area contributed by atoms with Crippen molar-refractivity contribution in [1.82, 2.24) is 20.2 Å². The monoisotopic (exact) mass is 813 g/mol. The molecule has 0 radical (unpaired) electrons. The number of benzene rings is 1. The van der Waals surface area contributed by atoms with Gasteiger partial charge in [-0.3, -0.25) is 0 Å². The molecule has 7 rings (SSSR count). The summed E-state index contributed by atoms with van der Waals surface area (Å²) in [5.74, 6) is -0.202. The highest BCUT2D eigenvalue weighted by Crippen LogP contribution is 3.03. The van der Waals surface area contributed by atoms with Crippen molar-refractivity contribution >= 4 is 50.3 Å². The highest BCUT2D eigenvalue weighted by Gasteiger charge is 3.02. The van der Waals surface area contributed by atoms with Crippen molar-refractivity contribution < 1.29 is 24.9 Å². The smallest absolute Gasteiger partial charge is 0.355 e. The lowest BCUT2D eigenvalue weighted by atomic mass is 9.03. The Kier molecular flexibility index (Phi) is 11.2. The Morgan fingerprint density at radius 1 is 1.00 bits per heavy atom. The van der Waals surface area contributed by atoms with Crippen LogP contribution in [0.5, 0.6) is 0 Å². The first kappa shape index (κ1) is 41.6. The predicted octanol–water partition coefficient (Wildman–Crippen LogP) is 5.32. The molecule has 10 N–H and O–H groups in total. The van der Waals surface area contributed by atoms with Gasteiger partial charge in [-0.25, -0.2) is 14.8 Å². The molecule has 2 atom stereocenters. The number of hydrogen-bond acceptors (Lipinski definition) is 14. The molecule has 0 aliphatic heterocycles. The third kappa shape index (κ3) is 6.46. The van der Waals surface area contributed by atoms with Crippen molar-refractivity contribution in [2.45, 2.75) is 71.8 Å². The number of pyridine rings is 1. The molecule has 4 saturated carbocycles. The van der Waals surface area contributed by atoms with Crippen molar-refractivity contribution in [3.8, 4) is 0 Å². The van der Waals surface area contributed by atoms with Crippen LogP contribution in [0.3, 0.4) is 0 Å². The molecule has 1 aromatic carbocycles. The Labute approximate surface area is 344 Å². The molecule has 0 saturated heterocycles. The highest BCUT2D eigenvalue weighted by molar-refractivity contribution is 7.22. The predicted molar refractivity (Wildman–Crippen MR) is 229 cm³/mol. The molecular formula is C43H59N9O5S. The number of allylic oxidation sites excluding steroid dienone is 4. The van der Waals surface area contributed by atoms with E-state index in [1.807, 2.05) is 38.1 Å². The average Bonchev–Trinajstić information content (AvgIpc) is 3.58. The van der Waals surface area contributed by atoms with E-state index >= 15 is 0 Å². The number of nitrogens with one attached hydrogen (secondary N) is 3. The average molecular weight is 814 g/mol. The quantitative estimate of drug-likeness (QED) is 0.0505. The minimum atomic E-state index is -1.21. The van der Waals surface area contributed by atoms with E-state index in [9.17, 15) is 20.1 Å². The van der Waals surface area contributed by atoms with Gasteiger partial charge in [0.15, 0.2) is 10.8 Å². The second kappa shape index (κ2) is 15.6. The number of nitrogens with two attached hydrogens (primary N) is 2. The molecule has 4 fully saturated rings. The van der Waals surface area contributed by atoms with Crippen molar-refractivity contribution in [1.29, 1.82) is 5.41 Å². The van der Waals surface area contributed by atoms with E-state index in [1.165, 1.54) is 17.6 Å². The zero-order valence-electron chi connectivity index (χ0n) is 34.3. The number of carboxylic acids is 1. The SMILES string of the molecule is C/C(NCC12CC3(C)CC4(OCCN(CCCO)CCCO)CC(C)(C1)C324)=C(/C=N)c1ccc(N(C)/C(N)=C/C(C)=C(\N)Nc2nc3ccccc3s2)nc1C(=O)O. The topological polar surface area (TPSA) is 219 Å². The summed E-state index contributed by atoms with van der Waals surface area (Å²) >= 11 is 1.49. The first-order valence-corrected chi connectivity index (χ1v) is 21.0. The highest BCUT2D eigenvalue weighted by atomic mass is 32.1. The number of carboxylic acid groups (broad SMARTS) is 1. The summed E-state index contributed by atoms with van der Waals surface area (Å²) < 4.78 is 7.93. The number of anilines is 2. The number of nitrogens with zero attached hydrogens (tertiary/aromatic N) is 4. The summed E-state index contributed by atoms with van der Waals surface area (Å²) in [5, 5.41) is 45.0.